The summed E-state index contributed by atoms with van der Waals surface area (Å²) in [6.45, 7) is -0.0195. The van der Waals surface area contributed by atoms with Crippen LogP contribution >= 0.6 is 23.2 Å². The molecule has 0 atom stereocenters. The second-order valence-electron chi connectivity index (χ2n) is 4.24. The van der Waals surface area contributed by atoms with Crippen molar-refractivity contribution >= 4 is 38.9 Å². The summed E-state index contributed by atoms with van der Waals surface area (Å²) in [7, 11) is -2.43. The van der Waals surface area contributed by atoms with Gasteiger partial charge in [-0.25, -0.2) is 13.4 Å². The highest BCUT2D eigenvalue weighted by molar-refractivity contribution is 7.89. The third kappa shape index (κ3) is 3.44. The summed E-state index contributed by atoms with van der Waals surface area (Å²) in [4.78, 5) is 7.85. The normalized spacial score (nSPS) is 11.8. The minimum absolute atomic E-state index is 0.0195. The van der Waals surface area contributed by atoms with Gasteiger partial charge in [-0.15, -0.1) is 0 Å². The Morgan fingerprint density at radius 3 is 2.67 bits per heavy atom. The van der Waals surface area contributed by atoms with Crippen molar-refractivity contribution in [1.29, 1.82) is 0 Å². The molecule has 0 aliphatic carbocycles. The summed E-state index contributed by atoms with van der Waals surface area (Å²) in [5, 5.41) is 0.472. The predicted molar refractivity (Wildman–Crippen MR) is 81.6 cm³/mol. The number of halogens is 2. The van der Waals surface area contributed by atoms with Crippen LogP contribution in [0.5, 0.6) is 0 Å². The molecular weight excluding hydrogens is 335 g/mol. The lowest BCUT2D eigenvalue weighted by Gasteiger charge is -2.17. The molecule has 0 aliphatic heterocycles. The summed E-state index contributed by atoms with van der Waals surface area (Å²) in [6, 6.07) is 4.54. The van der Waals surface area contributed by atoms with E-state index >= 15 is 0 Å². The van der Waals surface area contributed by atoms with Gasteiger partial charge in [0.05, 0.1) is 28.0 Å². The van der Waals surface area contributed by atoms with E-state index in [0.29, 0.717) is 15.7 Å². The average molecular weight is 347 g/mol. The Morgan fingerprint density at radius 1 is 1.33 bits per heavy atom. The van der Waals surface area contributed by atoms with Crippen molar-refractivity contribution in [3.8, 4) is 0 Å². The van der Waals surface area contributed by atoms with Crippen molar-refractivity contribution in [2.75, 3.05) is 12.8 Å². The number of nitrogens with two attached hydrogens (primary N) is 1. The van der Waals surface area contributed by atoms with Crippen LogP contribution in [-0.4, -0.2) is 29.7 Å². The zero-order valence-corrected chi connectivity index (χ0v) is 13.3. The molecule has 0 aliphatic rings. The van der Waals surface area contributed by atoms with E-state index in [-0.39, 0.29) is 17.3 Å². The van der Waals surface area contributed by atoms with Crippen LogP contribution in [0.3, 0.4) is 0 Å². The molecule has 0 bridgehead atoms. The van der Waals surface area contributed by atoms with E-state index in [9.17, 15) is 8.42 Å². The molecule has 112 valence electrons. The van der Waals surface area contributed by atoms with Gasteiger partial charge in [-0.2, -0.15) is 4.31 Å². The van der Waals surface area contributed by atoms with Crippen molar-refractivity contribution in [2.45, 2.75) is 11.6 Å². The highest BCUT2D eigenvalue weighted by Crippen LogP contribution is 2.23. The van der Waals surface area contributed by atoms with Gasteiger partial charge in [-0.05, 0) is 18.2 Å². The van der Waals surface area contributed by atoms with Gasteiger partial charge in [-0.3, -0.25) is 4.98 Å². The summed E-state index contributed by atoms with van der Waals surface area (Å²) < 4.78 is 25.9. The Hall–Kier alpha value is -1.41. The Bertz CT molecular complexity index is 768. The van der Waals surface area contributed by atoms with Gasteiger partial charge in [0.1, 0.15) is 0 Å². The van der Waals surface area contributed by atoms with Gasteiger partial charge in [0, 0.05) is 19.4 Å². The van der Waals surface area contributed by atoms with E-state index in [2.05, 4.69) is 9.97 Å². The Morgan fingerprint density at radius 2 is 2.05 bits per heavy atom. The molecule has 0 saturated heterocycles. The van der Waals surface area contributed by atoms with Gasteiger partial charge in [-0.1, -0.05) is 23.2 Å². The molecule has 2 rings (SSSR count). The summed E-state index contributed by atoms with van der Waals surface area (Å²) in [6.07, 6.45) is 2.77. The fourth-order valence-electron chi connectivity index (χ4n) is 1.62. The van der Waals surface area contributed by atoms with Crippen LogP contribution in [0.4, 0.5) is 5.69 Å². The Balaban J connectivity index is 2.31. The van der Waals surface area contributed by atoms with E-state index in [4.69, 9.17) is 28.9 Å². The van der Waals surface area contributed by atoms with Gasteiger partial charge in [0.2, 0.25) is 0 Å². The first-order valence-electron chi connectivity index (χ1n) is 5.79. The number of sulfonamides is 1. The molecule has 0 spiro atoms. The second kappa shape index (κ2) is 6.15. The van der Waals surface area contributed by atoms with E-state index in [0.717, 1.165) is 4.31 Å². The molecule has 6 nitrogen and oxygen atoms in total. The number of aromatic nitrogens is 2. The third-order valence-electron chi connectivity index (χ3n) is 2.71. The summed E-state index contributed by atoms with van der Waals surface area (Å²) in [5.74, 6) is 0. The first kappa shape index (κ1) is 16.0. The quantitative estimate of drug-likeness (QED) is 0.916. The molecule has 0 fully saturated rings. The van der Waals surface area contributed by atoms with E-state index < -0.39 is 10.0 Å². The molecule has 0 saturated carbocycles. The van der Waals surface area contributed by atoms with Crippen LogP contribution in [-0.2, 0) is 16.6 Å². The molecule has 21 heavy (non-hydrogen) atoms. The highest BCUT2D eigenvalue weighted by Gasteiger charge is 2.25. The number of anilines is 1. The summed E-state index contributed by atoms with van der Waals surface area (Å²) >= 11 is 11.7. The molecule has 2 aromatic heterocycles. The van der Waals surface area contributed by atoms with Gasteiger partial charge in [0.25, 0.3) is 10.0 Å². The number of nitrogens with zero attached hydrogens (tertiary/aromatic N) is 3. The Labute approximate surface area is 132 Å². The average Bonchev–Trinajstić information content (AvgIpc) is 2.42. The molecule has 2 N–H and O–H groups in total. The predicted octanol–water partition coefficient (Wildman–Crippen LogP) is 2.19. The lowest BCUT2D eigenvalue weighted by molar-refractivity contribution is 0.460. The summed E-state index contributed by atoms with van der Waals surface area (Å²) in [5.41, 5.74) is 6.13. The van der Waals surface area contributed by atoms with Crippen molar-refractivity contribution in [2.24, 2.45) is 0 Å². The van der Waals surface area contributed by atoms with Crippen molar-refractivity contribution in [3.05, 3.63) is 46.3 Å². The number of rotatable bonds is 4. The fraction of sp³-hybridized carbons (Fsp3) is 0.167. The minimum Gasteiger partial charge on any atom is -0.396 e. The van der Waals surface area contributed by atoms with Crippen LogP contribution in [0.15, 0.2) is 35.6 Å². The van der Waals surface area contributed by atoms with Crippen LogP contribution in [0.2, 0.25) is 10.0 Å². The monoisotopic (exact) mass is 346 g/mol. The minimum atomic E-state index is -3.83. The van der Waals surface area contributed by atoms with Crippen molar-refractivity contribution < 1.29 is 8.42 Å². The van der Waals surface area contributed by atoms with E-state index in [1.807, 2.05) is 0 Å². The molecule has 2 heterocycles. The lowest BCUT2D eigenvalue weighted by atomic mass is 10.3. The first-order chi connectivity index (χ1) is 9.82. The number of hydrogen-bond acceptors (Lipinski definition) is 5. The lowest BCUT2D eigenvalue weighted by Crippen LogP contribution is -2.28. The molecule has 0 amide bonds. The largest absolute Gasteiger partial charge is 0.396 e. The van der Waals surface area contributed by atoms with Crippen LogP contribution in [0.25, 0.3) is 0 Å². The topological polar surface area (TPSA) is 89.2 Å². The van der Waals surface area contributed by atoms with Crippen LogP contribution in [0.1, 0.15) is 5.69 Å². The van der Waals surface area contributed by atoms with Crippen LogP contribution < -0.4 is 5.73 Å². The smallest absolute Gasteiger partial charge is 0.262 e. The molecule has 0 unspecified atom stereocenters. The van der Waals surface area contributed by atoms with Gasteiger partial charge in [0.15, 0.2) is 5.03 Å². The molecule has 9 heteroatoms. The van der Waals surface area contributed by atoms with E-state index in [1.54, 1.807) is 6.07 Å². The number of pyridine rings is 2. The Kier molecular flexibility index (Phi) is 4.67. The zero-order valence-electron chi connectivity index (χ0n) is 11.0. The molecule has 0 aromatic carbocycles. The second-order valence-corrected chi connectivity index (χ2v) is 7.04. The standard InChI is InChI=1S/C12H12Cl2N4O2S/c1-18(7-11-9(14)5-8(13)6-17-11)21(19,20)12-10(15)3-2-4-16-12/h2-6H,7,15H2,1H3. The van der Waals surface area contributed by atoms with Crippen molar-refractivity contribution in [3.63, 3.8) is 0 Å². The number of hydrogen-bond donors (Lipinski definition) is 1. The van der Waals surface area contributed by atoms with Crippen molar-refractivity contribution in [1.82, 2.24) is 14.3 Å². The fourth-order valence-corrected chi connectivity index (χ4v) is 3.21. The van der Waals surface area contributed by atoms with Gasteiger partial charge >= 0.3 is 0 Å². The number of nitrogen functional groups attached to an aromatic ring is 1. The van der Waals surface area contributed by atoms with Crippen LogP contribution in [0, 0.1) is 0 Å². The third-order valence-corrected chi connectivity index (χ3v) is 5.03. The SMILES string of the molecule is CN(Cc1ncc(Cl)cc1Cl)S(=O)(=O)c1ncccc1N. The van der Waals surface area contributed by atoms with Gasteiger partial charge < -0.3 is 5.73 Å². The maximum atomic E-state index is 12.4. The van der Waals surface area contributed by atoms with E-state index in [1.165, 1.54) is 31.6 Å². The first-order valence-corrected chi connectivity index (χ1v) is 7.98. The zero-order chi connectivity index (χ0) is 15.6. The maximum absolute atomic E-state index is 12.4. The molecule has 2 aromatic rings. The molecule has 0 radical (unpaired) electrons. The maximum Gasteiger partial charge on any atom is 0.262 e. The highest BCUT2D eigenvalue weighted by atomic mass is 35.5. The molecular formula is C12H12Cl2N4O2S.